The van der Waals surface area contributed by atoms with E-state index >= 15 is 0 Å². The number of nitrogen functional groups attached to an aromatic ring is 1. The number of nitrogens with zero attached hydrogens (tertiary/aromatic N) is 2. The Balaban J connectivity index is 1.58. The van der Waals surface area contributed by atoms with E-state index in [1.807, 2.05) is 84.9 Å². The molecule has 0 aliphatic rings. The molecule has 5 nitrogen and oxygen atoms in total. The van der Waals surface area contributed by atoms with Crippen LogP contribution in [0.25, 0.3) is 33.4 Å². The second-order valence-corrected chi connectivity index (χ2v) is 7.75. The molecular weight excluding hydrogens is 440 g/mol. The topological polar surface area (TPSA) is 76.8 Å². The Labute approximate surface area is 181 Å². The maximum absolute atomic E-state index is 6.14. The number of hydrogen-bond acceptors (Lipinski definition) is 4. The number of halogens is 1. The first-order valence-electron chi connectivity index (χ1n) is 9.41. The maximum Gasteiger partial charge on any atom is 0.155 e. The van der Waals surface area contributed by atoms with Crippen LogP contribution in [0.3, 0.4) is 0 Å². The summed E-state index contributed by atoms with van der Waals surface area (Å²) >= 11 is 3.53. The average Bonchev–Trinajstić information content (AvgIpc) is 3.15. The Kier molecular flexibility index (Phi) is 4.69. The van der Waals surface area contributed by atoms with E-state index in [1.165, 1.54) is 0 Å². The number of pyridine rings is 1. The number of rotatable bonds is 4. The normalized spacial score (nSPS) is 11.0. The Morgan fingerprint density at radius 1 is 0.800 bits per heavy atom. The molecule has 2 heterocycles. The van der Waals surface area contributed by atoms with E-state index in [0.29, 0.717) is 5.82 Å². The molecule has 3 N–H and O–H groups in total. The van der Waals surface area contributed by atoms with Crippen LogP contribution in [0.1, 0.15) is 0 Å². The SMILES string of the molecule is Nc1n[nH]c2cc(-c3cccc(Br)c3)nc(-c3ccc(Oc4ccccc4)cc3)c12. The monoisotopic (exact) mass is 456 g/mol. The Hall–Kier alpha value is -3.64. The van der Waals surface area contributed by atoms with E-state index in [4.69, 9.17) is 15.5 Å². The zero-order valence-electron chi connectivity index (χ0n) is 15.8. The highest BCUT2D eigenvalue weighted by atomic mass is 79.9. The summed E-state index contributed by atoms with van der Waals surface area (Å²) in [5, 5.41) is 8.01. The molecule has 0 unspecified atom stereocenters. The summed E-state index contributed by atoms with van der Waals surface area (Å²) in [4.78, 5) is 4.93. The van der Waals surface area contributed by atoms with Gasteiger partial charge in [0.25, 0.3) is 0 Å². The predicted molar refractivity (Wildman–Crippen MR) is 123 cm³/mol. The van der Waals surface area contributed by atoms with E-state index in [-0.39, 0.29) is 0 Å². The quantitative estimate of drug-likeness (QED) is 0.326. The first-order chi connectivity index (χ1) is 14.7. The van der Waals surface area contributed by atoms with Crippen LogP contribution in [0.15, 0.2) is 89.4 Å². The fourth-order valence-electron chi connectivity index (χ4n) is 3.38. The molecule has 146 valence electrons. The van der Waals surface area contributed by atoms with Gasteiger partial charge in [-0.25, -0.2) is 4.98 Å². The molecule has 2 aromatic heterocycles. The second-order valence-electron chi connectivity index (χ2n) is 6.84. The first-order valence-corrected chi connectivity index (χ1v) is 10.2. The van der Waals surface area contributed by atoms with Crippen LogP contribution in [0.2, 0.25) is 0 Å². The van der Waals surface area contributed by atoms with Crippen molar-refractivity contribution in [3.63, 3.8) is 0 Å². The third-order valence-electron chi connectivity index (χ3n) is 4.80. The lowest BCUT2D eigenvalue weighted by Gasteiger charge is -2.10. The van der Waals surface area contributed by atoms with Gasteiger partial charge in [-0.1, -0.05) is 46.3 Å². The number of benzene rings is 3. The maximum atomic E-state index is 6.14. The molecule has 0 radical (unpaired) electrons. The third-order valence-corrected chi connectivity index (χ3v) is 5.29. The summed E-state index contributed by atoms with van der Waals surface area (Å²) in [6.07, 6.45) is 0. The van der Waals surface area contributed by atoms with Gasteiger partial charge in [-0.2, -0.15) is 5.10 Å². The predicted octanol–water partition coefficient (Wildman–Crippen LogP) is 6.43. The van der Waals surface area contributed by atoms with Crippen molar-refractivity contribution in [1.82, 2.24) is 15.2 Å². The number of anilines is 1. The van der Waals surface area contributed by atoms with Gasteiger partial charge in [-0.3, -0.25) is 5.10 Å². The molecular formula is C24H17BrN4O. The van der Waals surface area contributed by atoms with Crippen molar-refractivity contribution < 1.29 is 4.74 Å². The van der Waals surface area contributed by atoms with E-state index in [2.05, 4.69) is 26.1 Å². The van der Waals surface area contributed by atoms with Gasteiger partial charge in [0.2, 0.25) is 0 Å². The van der Waals surface area contributed by atoms with Gasteiger partial charge in [0.15, 0.2) is 5.82 Å². The number of fused-ring (bicyclic) bond motifs is 1. The molecule has 0 amide bonds. The summed E-state index contributed by atoms with van der Waals surface area (Å²) < 4.78 is 6.90. The lowest BCUT2D eigenvalue weighted by molar-refractivity contribution is 0.483. The highest BCUT2D eigenvalue weighted by Crippen LogP contribution is 2.34. The van der Waals surface area contributed by atoms with Gasteiger partial charge in [0, 0.05) is 15.6 Å². The first kappa shape index (κ1) is 18.4. The van der Waals surface area contributed by atoms with Crippen molar-refractivity contribution in [3.8, 4) is 34.0 Å². The number of nitrogens with one attached hydrogen (secondary N) is 1. The Bertz CT molecular complexity index is 1330. The second kappa shape index (κ2) is 7.65. The molecule has 0 aliphatic heterocycles. The summed E-state index contributed by atoms with van der Waals surface area (Å²) in [5.41, 5.74) is 10.5. The van der Waals surface area contributed by atoms with Crippen LogP contribution < -0.4 is 10.5 Å². The fraction of sp³-hybridized carbons (Fsp3) is 0. The summed E-state index contributed by atoms with van der Waals surface area (Å²) in [7, 11) is 0. The van der Waals surface area contributed by atoms with Gasteiger partial charge < -0.3 is 10.5 Å². The van der Waals surface area contributed by atoms with Gasteiger partial charge in [-0.15, -0.1) is 0 Å². The molecule has 5 aromatic rings. The molecule has 3 aromatic carbocycles. The van der Waals surface area contributed by atoms with Crippen LogP contribution >= 0.6 is 15.9 Å². The van der Waals surface area contributed by atoms with E-state index in [0.717, 1.165) is 49.4 Å². The number of ether oxygens (including phenoxy) is 1. The van der Waals surface area contributed by atoms with Crippen molar-refractivity contribution in [2.75, 3.05) is 5.73 Å². The zero-order valence-corrected chi connectivity index (χ0v) is 17.4. The van der Waals surface area contributed by atoms with E-state index in [1.54, 1.807) is 0 Å². The molecule has 30 heavy (non-hydrogen) atoms. The van der Waals surface area contributed by atoms with Crippen LogP contribution in [-0.2, 0) is 0 Å². The minimum atomic E-state index is 0.429. The van der Waals surface area contributed by atoms with Crippen molar-refractivity contribution in [3.05, 3.63) is 89.4 Å². The van der Waals surface area contributed by atoms with Crippen molar-refractivity contribution >= 4 is 32.7 Å². The van der Waals surface area contributed by atoms with Crippen LogP contribution in [-0.4, -0.2) is 15.2 Å². The number of nitrogens with two attached hydrogens (primary N) is 1. The molecule has 6 heteroatoms. The lowest BCUT2D eigenvalue weighted by Crippen LogP contribution is -1.93. The number of hydrogen-bond donors (Lipinski definition) is 2. The molecule has 0 aliphatic carbocycles. The van der Waals surface area contributed by atoms with Crippen molar-refractivity contribution in [1.29, 1.82) is 0 Å². The molecule has 0 spiro atoms. The highest BCUT2D eigenvalue weighted by Gasteiger charge is 2.15. The standard InChI is InChI=1S/C24H17BrN4O/c25-17-6-4-5-16(13-17)20-14-21-22(24(26)29-28-21)23(27-20)15-9-11-19(12-10-15)30-18-7-2-1-3-8-18/h1-14H,(H3,26,28,29). The largest absolute Gasteiger partial charge is 0.457 e. The van der Waals surface area contributed by atoms with E-state index in [9.17, 15) is 0 Å². The number of para-hydroxylation sites is 1. The summed E-state index contributed by atoms with van der Waals surface area (Å²) in [5.74, 6) is 1.98. The van der Waals surface area contributed by atoms with Gasteiger partial charge >= 0.3 is 0 Å². The molecule has 0 saturated heterocycles. The third kappa shape index (κ3) is 3.53. The molecule has 0 fully saturated rings. The highest BCUT2D eigenvalue weighted by molar-refractivity contribution is 9.10. The molecule has 0 saturated carbocycles. The van der Waals surface area contributed by atoms with Gasteiger partial charge in [0.1, 0.15) is 11.5 Å². The van der Waals surface area contributed by atoms with Crippen molar-refractivity contribution in [2.45, 2.75) is 0 Å². The van der Waals surface area contributed by atoms with Crippen molar-refractivity contribution in [2.24, 2.45) is 0 Å². The average molecular weight is 457 g/mol. The molecule has 5 rings (SSSR count). The molecule has 0 bridgehead atoms. The van der Waals surface area contributed by atoms with Crippen LogP contribution in [0.4, 0.5) is 5.82 Å². The van der Waals surface area contributed by atoms with Gasteiger partial charge in [0.05, 0.1) is 22.3 Å². The number of aromatic nitrogens is 3. The number of H-pyrrole nitrogens is 1. The summed E-state index contributed by atoms with van der Waals surface area (Å²) in [6, 6.07) is 27.5. The summed E-state index contributed by atoms with van der Waals surface area (Å²) in [6.45, 7) is 0. The van der Waals surface area contributed by atoms with Crippen LogP contribution in [0, 0.1) is 0 Å². The Morgan fingerprint density at radius 2 is 1.57 bits per heavy atom. The molecule has 0 atom stereocenters. The van der Waals surface area contributed by atoms with Crippen LogP contribution in [0.5, 0.6) is 11.5 Å². The van der Waals surface area contributed by atoms with Gasteiger partial charge in [-0.05, 0) is 54.6 Å². The van der Waals surface area contributed by atoms with E-state index < -0.39 is 0 Å². The Morgan fingerprint density at radius 3 is 2.33 bits per heavy atom. The zero-order chi connectivity index (χ0) is 20.5. The smallest absolute Gasteiger partial charge is 0.155 e. The minimum Gasteiger partial charge on any atom is -0.457 e. The fourth-order valence-corrected chi connectivity index (χ4v) is 3.78. The number of aromatic amines is 1. The lowest BCUT2D eigenvalue weighted by atomic mass is 10.0. The minimum absolute atomic E-state index is 0.429.